The van der Waals surface area contributed by atoms with Crippen molar-refractivity contribution >= 4 is 11.9 Å². The van der Waals surface area contributed by atoms with Crippen LogP contribution in [0.5, 0.6) is 11.5 Å². The number of nitrogens with one attached hydrogen (secondary N) is 2. The zero-order chi connectivity index (χ0) is 30.3. The van der Waals surface area contributed by atoms with E-state index in [1.54, 1.807) is 32.0 Å². The van der Waals surface area contributed by atoms with E-state index >= 15 is 0 Å². The Hall–Kier alpha value is -5.78. The summed E-state index contributed by atoms with van der Waals surface area (Å²) in [6.07, 6.45) is 0. The second kappa shape index (κ2) is 10.7. The van der Waals surface area contributed by atoms with Crippen molar-refractivity contribution in [2.45, 2.75) is 19.8 Å². The molecule has 12 nitrogen and oxygen atoms in total. The molecule has 42 heavy (non-hydrogen) atoms. The smallest absolute Gasteiger partial charge is 0.335 e. The summed E-state index contributed by atoms with van der Waals surface area (Å²) in [5, 5.41) is 35.1. The lowest BCUT2D eigenvalue weighted by Crippen LogP contribution is -2.25. The molecule has 0 saturated carbocycles. The van der Waals surface area contributed by atoms with E-state index in [1.807, 2.05) is 0 Å². The van der Waals surface area contributed by atoms with E-state index in [0.29, 0.717) is 17.0 Å². The van der Waals surface area contributed by atoms with E-state index in [1.165, 1.54) is 65.0 Å². The van der Waals surface area contributed by atoms with Crippen LogP contribution in [0, 0.1) is 13.8 Å². The molecule has 2 aromatic heterocycles. The maximum absolute atomic E-state index is 14.0. The van der Waals surface area contributed by atoms with Crippen LogP contribution >= 0.6 is 0 Å². The summed E-state index contributed by atoms with van der Waals surface area (Å²) >= 11 is 0. The van der Waals surface area contributed by atoms with Gasteiger partial charge in [0.15, 0.2) is 11.5 Å². The lowest BCUT2D eigenvalue weighted by Gasteiger charge is -2.17. The largest absolute Gasteiger partial charge is 0.504 e. The summed E-state index contributed by atoms with van der Waals surface area (Å²) in [7, 11) is 1.38. The molecular formula is C30H26N4O8. The minimum Gasteiger partial charge on any atom is -0.504 e. The van der Waals surface area contributed by atoms with Crippen LogP contribution in [0.2, 0.25) is 0 Å². The van der Waals surface area contributed by atoms with Crippen LogP contribution in [0.15, 0.2) is 76.3 Å². The molecule has 5 aromatic rings. The molecule has 0 atom stereocenters. The Kier molecular flexibility index (Phi) is 7.05. The van der Waals surface area contributed by atoms with Gasteiger partial charge in [-0.05, 0) is 67.9 Å². The van der Waals surface area contributed by atoms with Gasteiger partial charge in [-0.25, -0.2) is 19.0 Å². The first-order valence-corrected chi connectivity index (χ1v) is 12.7. The summed E-state index contributed by atoms with van der Waals surface area (Å²) < 4.78 is 7.72. The van der Waals surface area contributed by atoms with Gasteiger partial charge in [0.2, 0.25) is 0 Å². The van der Waals surface area contributed by atoms with E-state index in [0.717, 1.165) is 0 Å². The number of benzene rings is 3. The van der Waals surface area contributed by atoms with Crippen molar-refractivity contribution in [1.82, 2.24) is 19.6 Å². The number of aromatic hydroxyl groups is 1. The fourth-order valence-corrected chi connectivity index (χ4v) is 5.07. The van der Waals surface area contributed by atoms with Crippen LogP contribution in [0.3, 0.4) is 0 Å². The van der Waals surface area contributed by atoms with Gasteiger partial charge in [-0.2, -0.15) is 0 Å². The van der Waals surface area contributed by atoms with Gasteiger partial charge in [0.05, 0.1) is 40.7 Å². The molecule has 3 aromatic carbocycles. The normalized spacial score (nSPS) is 11.1. The van der Waals surface area contributed by atoms with Gasteiger partial charge in [0.25, 0.3) is 11.1 Å². The number of carboxylic acids is 2. The summed E-state index contributed by atoms with van der Waals surface area (Å²) in [5.41, 5.74) is 1.19. The number of carbonyl (C=O) groups is 2. The minimum absolute atomic E-state index is 0.0130. The van der Waals surface area contributed by atoms with Crippen molar-refractivity contribution in [3.63, 3.8) is 0 Å². The number of aromatic carboxylic acids is 2. The minimum atomic E-state index is -1.15. The topological polar surface area (TPSA) is 180 Å². The molecule has 2 heterocycles. The monoisotopic (exact) mass is 570 g/mol. The molecule has 0 bridgehead atoms. The summed E-state index contributed by atoms with van der Waals surface area (Å²) in [6, 6.07) is 16.2. The van der Waals surface area contributed by atoms with Gasteiger partial charge in [0, 0.05) is 17.3 Å². The van der Waals surface area contributed by atoms with Gasteiger partial charge < -0.3 is 20.1 Å². The van der Waals surface area contributed by atoms with Crippen LogP contribution in [0.1, 0.15) is 54.7 Å². The first kappa shape index (κ1) is 27.8. The number of hydrogen-bond acceptors (Lipinski definition) is 6. The zero-order valence-corrected chi connectivity index (χ0v) is 22.7. The Morgan fingerprint density at radius 3 is 1.67 bits per heavy atom. The average Bonchev–Trinajstić information content (AvgIpc) is 3.44. The second-order valence-electron chi connectivity index (χ2n) is 9.66. The van der Waals surface area contributed by atoms with E-state index in [4.69, 9.17) is 4.74 Å². The number of phenolic OH excluding ortho intramolecular Hbond substituents is 1. The van der Waals surface area contributed by atoms with Gasteiger partial charge in [-0.1, -0.05) is 18.2 Å². The zero-order valence-electron chi connectivity index (χ0n) is 22.7. The number of methoxy groups -OCH3 is 1. The molecule has 5 N–H and O–H groups in total. The standard InChI is InChI=1S/C30H26N4O8/c1-15-24(27(36)33(31-15)20-8-4-6-18(12-20)29(38)39)26(17-10-11-22(35)23(14-17)42-3)25-16(2)32-34(28(25)37)21-9-5-7-19(13-21)30(40)41/h4-14,26,31-32,35H,1-3H3,(H,38,39)(H,40,41). The van der Waals surface area contributed by atoms with Gasteiger partial charge in [-0.3, -0.25) is 19.8 Å². The molecule has 0 aliphatic carbocycles. The maximum Gasteiger partial charge on any atom is 0.335 e. The third-order valence-electron chi connectivity index (χ3n) is 7.05. The average molecular weight is 571 g/mol. The van der Waals surface area contributed by atoms with E-state index < -0.39 is 29.0 Å². The highest BCUT2D eigenvalue weighted by molar-refractivity contribution is 5.88. The fraction of sp³-hybridized carbons (Fsp3) is 0.133. The number of ether oxygens (including phenoxy) is 1. The molecule has 214 valence electrons. The van der Waals surface area contributed by atoms with Crippen LogP contribution in [-0.2, 0) is 0 Å². The predicted octanol–water partition coefficient (Wildman–Crippen LogP) is 3.55. The Balaban J connectivity index is 1.77. The highest BCUT2D eigenvalue weighted by atomic mass is 16.5. The van der Waals surface area contributed by atoms with Crippen molar-refractivity contribution in [2.75, 3.05) is 7.11 Å². The first-order chi connectivity index (χ1) is 20.0. The highest BCUT2D eigenvalue weighted by Gasteiger charge is 2.31. The number of nitrogens with zero attached hydrogens (tertiary/aromatic N) is 2. The van der Waals surface area contributed by atoms with Crippen molar-refractivity contribution in [2.24, 2.45) is 0 Å². The van der Waals surface area contributed by atoms with Crippen molar-refractivity contribution < 1.29 is 29.6 Å². The van der Waals surface area contributed by atoms with Gasteiger partial charge in [-0.15, -0.1) is 0 Å². The molecule has 0 aliphatic rings. The Morgan fingerprint density at radius 1 is 0.762 bits per heavy atom. The highest BCUT2D eigenvalue weighted by Crippen LogP contribution is 2.36. The number of carboxylic acid groups (broad SMARTS) is 2. The second-order valence-corrected chi connectivity index (χ2v) is 9.66. The number of phenols is 1. The summed E-state index contributed by atoms with van der Waals surface area (Å²) in [5.74, 6) is -3.29. The number of aryl methyl sites for hydroxylation is 2. The molecule has 0 aliphatic heterocycles. The molecular weight excluding hydrogens is 544 g/mol. The predicted molar refractivity (Wildman–Crippen MR) is 152 cm³/mol. The number of aromatic nitrogens is 4. The van der Waals surface area contributed by atoms with Crippen molar-refractivity contribution in [3.8, 4) is 22.9 Å². The van der Waals surface area contributed by atoms with Crippen molar-refractivity contribution in [3.05, 3.63) is 127 Å². The molecule has 0 unspecified atom stereocenters. The number of hydrogen-bond donors (Lipinski definition) is 5. The molecule has 0 radical (unpaired) electrons. The van der Waals surface area contributed by atoms with Crippen LogP contribution in [-0.4, -0.2) is 53.9 Å². The van der Waals surface area contributed by atoms with E-state index in [2.05, 4.69) is 10.2 Å². The van der Waals surface area contributed by atoms with Crippen LogP contribution in [0.25, 0.3) is 11.4 Å². The Labute approximate surface area is 237 Å². The quantitative estimate of drug-likeness (QED) is 0.188. The van der Waals surface area contributed by atoms with Crippen LogP contribution < -0.4 is 15.9 Å². The number of rotatable bonds is 8. The molecule has 0 amide bonds. The third kappa shape index (κ3) is 4.74. The first-order valence-electron chi connectivity index (χ1n) is 12.7. The Bertz CT molecular complexity index is 1860. The van der Waals surface area contributed by atoms with Crippen LogP contribution in [0.4, 0.5) is 0 Å². The lowest BCUT2D eigenvalue weighted by atomic mass is 9.85. The molecule has 12 heteroatoms. The summed E-state index contributed by atoms with van der Waals surface area (Å²) in [6.45, 7) is 3.32. The number of H-pyrrole nitrogens is 2. The lowest BCUT2D eigenvalue weighted by molar-refractivity contribution is 0.0686. The van der Waals surface area contributed by atoms with Crippen molar-refractivity contribution in [1.29, 1.82) is 0 Å². The molecule has 0 fully saturated rings. The Morgan fingerprint density at radius 2 is 1.24 bits per heavy atom. The fourth-order valence-electron chi connectivity index (χ4n) is 5.07. The molecule has 0 spiro atoms. The van der Waals surface area contributed by atoms with Gasteiger partial charge >= 0.3 is 11.9 Å². The van der Waals surface area contributed by atoms with E-state index in [9.17, 15) is 34.5 Å². The maximum atomic E-state index is 14.0. The third-order valence-corrected chi connectivity index (χ3v) is 7.05. The van der Waals surface area contributed by atoms with Gasteiger partial charge in [0.1, 0.15) is 0 Å². The number of aromatic amines is 2. The molecule has 5 rings (SSSR count). The molecule has 0 saturated heterocycles. The SMILES string of the molecule is COc1cc(C(c2c(C)[nH]n(-c3cccc(C(=O)O)c3)c2=O)c2c(C)[nH]n(-c3cccc(C(=O)O)c3)c2=O)ccc1O. The van der Waals surface area contributed by atoms with E-state index in [-0.39, 0.29) is 45.1 Å². The summed E-state index contributed by atoms with van der Waals surface area (Å²) in [4.78, 5) is 51.2.